The fraction of sp³-hybridized carbons (Fsp3) is 0.500. The Morgan fingerprint density at radius 2 is 1.69 bits per heavy atom. The fourth-order valence-electron chi connectivity index (χ4n) is 4.90. The maximum atomic E-state index is 12.9. The minimum atomic E-state index is -0.356. The Morgan fingerprint density at radius 1 is 0.969 bits per heavy atom. The molecule has 32 heavy (non-hydrogen) atoms. The van der Waals surface area contributed by atoms with Crippen molar-refractivity contribution in [3.05, 3.63) is 40.9 Å². The van der Waals surface area contributed by atoms with Gasteiger partial charge in [-0.25, -0.2) is 4.98 Å². The number of likely N-dealkylation sites (tertiary alicyclic amines) is 2. The summed E-state index contributed by atoms with van der Waals surface area (Å²) in [4.78, 5) is 46.7. The zero-order chi connectivity index (χ0) is 22.1. The van der Waals surface area contributed by atoms with Gasteiger partial charge in [0.1, 0.15) is 17.6 Å². The number of carbonyl (C=O) groups excluding carboxylic acids is 2. The van der Waals surface area contributed by atoms with E-state index in [9.17, 15) is 14.4 Å². The van der Waals surface area contributed by atoms with Crippen LogP contribution in [-0.4, -0.2) is 57.3 Å². The molecule has 0 spiro atoms. The summed E-state index contributed by atoms with van der Waals surface area (Å²) in [5, 5.41) is 0.786. The number of amides is 2. The monoisotopic (exact) mass is 436 g/mol. The van der Waals surface area contributed by atoms with Gasteiger partial charge in [-0.1, -0.05) is 25.0 Å². The number of piperidine rings is 1. The van der Waals surface area contributed by atoms with Crippen LogP contribution in [0.15, 0.2) is 39.8 Å². The van der Waals surface area contributed by atoms with Gasteiger partial charge in [0.2, 0.25) is 17.4 Å². The molecule has 2 aliphatic heterocycles. The largest absolute Gasteiger partial charge is 0.448 e. The van der Waals surface area contributed by atoms with Crippen molar-refractivity contribution in [1.82, 2.24) is 19.4 Å². The van der Waals surface area contributed by atoms with Gasteiger partial charge >= 0.3 is 0 Å². The molecule has 0 radical (unpaired) electrons. The van der Waals surface area contributed by atoms with E-state index < -0.39 is 0 Å². The van der Waals surface area contributed by atoms with Crippen molar-refractivity contribution in [2.45, 2.75) is 45.1 Å². The predicted molar refractivity (Wildman–Crippen MR) is 120 cm³/mol. The van der Waals surface area contributed by atoms with Crippen LogP contribution in [0.25, 0.3) is 22.1 Å². The van der Waals surface area contributed by atoms with E-state index in [2.05, 4.69) is 4.98 Å². The quantitative estimate of drug-likeness (QED) is 0.630. The van der Waals surface area contributed by atoms with E-state index in [1.807, 2.05) is 23.1 Å². The van der Waals surface area contributed by atoms with Gasteiger partial charge in [-0.05, 0) is 37.8 Å². The van der Waals surface area contributed by atoms with Gasteiger partial charge < -0.3 is 14.2 Å². The molecule has 0 bridgehead atoms. The smallest absolute Gasteiger partial charge is 0.297 e. The molecule has 5 rings (SSSR count). The van der Waals surface area contributed by atoms with Gasteiger partial charge in [0.05, 0.1) is 6.33 Å². The molecule has 0 unspecified atom stereocenters. The second-order valence-electron chi connectivity index (χ2n) is 8.85. The molecule has 1 aromatic carbocycles. The molecule has 2 saturated heterocycles. The number of nitrogens with zero attached hydrogens (tertiary/aromatic N) is 4. The first-order valence-corrected chi connectivity index (χ1v) is 11.5. The normalized spacial score (nSPS) is 18.2. The molecule has 2 fully saturated rings. The zero-order valence-electron chi connectivity index (χ0n) is 18.2. The first kappa shape index (κ1) is 20.7. The van der Waals surface area contributed by atoms with Crippen molar-refractivity contribution >= 4 is 33.9 Å². The van der Waals surface area contributed by atoms with Crippen molar-refractivity contribution in [3.63, 3.8) is 0 Å². The van der Waals surface area contributed by atoms with E-state index in [1.165, 1.54) is 23.7 Å². The third kappa shape index (κ3) is 3.89. The van der Waals surface area contributed by atoms with E-state index in [-0.39, 0.29) is 35.4 Å². The second kappa shape index (κ2) is 8.76. The Morgan fingerprint density at radius 3 is 2.44 bits per heavy atom. The molecule has 3 aromatic rings. The van der Waals surface area contributed by atoms with Gasteiger partial charge in [-0.2, -0.15) is 0 Å². The van der Waals surface area contributed by atoms with E-state index in [0.29, 0.717) is 37.0 Å². The highest BCUT2D eigenvalue weighted by atomic mass is 16.3. The lowest BCUT2D eigenvalue weighted by Gasteiger charge is -2.34. The van der Waals surface area contributed by atoms with Gasteiger partial charge in [0.15, 0.2) is 0 Å². The average molecular weight is 437 g/mol. The molecule has 0 N–H and O–H groups in total. The van der Waals surface area contributed by atoms with Gasteiger partial charge in [-0.15, -0.1) is 0 Å². The lowest BCUT2D eigenvalue weighted by atomic mass is 9.95. The number of para-hydroxylation sites is 1. The van der Waals surface area contributed by atoms with E-state index in [4.69, 9.17) is 4.42 Å². The third-order valence-corrected chi connectivity index (χ3v) is 6.77. The van der Waals surface area contributed by atoms with Gasteiger partial charge in [0, 0.05) is 37.5 Å². The van der Waals surface area contributed by atoms with Crippen molar-refractivity contribution in [1.29, 1.82) is 0 Å². The van der Waals surface area contributed by atoms with Crippen LogP contribution in [0.3, 0.4) is 0 Å². The molecule has 2 aromatic heterocycles. The Labute approximate surface area is 185 Å². The number of hydrogen-bond donors (Lipinski definition) is 0. The van der Waals surface area contributed by atoms with Gasteiger partial charge in [0.25, 0.3) is 5.56 Å². The van der Waals surface area contributed by atoms with E-state index >= 15 is 0 Å². The second-order valence-corrected chi connectivity index (χ2v) is 8.85. The molecule has 0 aliphatic carbocycles. The minimum Gasteiger partial charge on any atom is -0.448 e. The van der Waals surface area contributed by atoms with E-state index in [1.54, 1.807) is 11.0 Å². The fourth-order valence-corrected chi connectivity index (χ4v) is 4.90. The van der Waals surface area contributed by atoms with Crippen LogP contribution in [0.2, 0.25) is 0 Å². The lowest BCUT2D eigenvalue weighted by molar-refractivity contribution is -0.141. The average Bonchev–Trinajstić information content (AvgIpc) is 3.00. The highest BCUT2D eigenvalue weighted by Gasteiger charge is 2.30. The molecule has 4 heterocycles. The summed E-state index contributed by atoms with van der Waals surface area (Å²) in [5.74, 6) is 0.105. The number of fused-ring (bicyclic) bond motifs is 3. The first-order chi connectivity index (χ1) is 15.6. The first-order valence-electron chi connectivity index (χ1n) is 11.5. The topological polar surface area (TPSA) is 88.6 Å². The summed E-state index contributed by atoms with van der Waals surface area (Å²) >= 11 is 0. The van der Waals surface area contributed by atoms with Crippen LogP contribution in [0.1, 0.15) is 38.5 Å². The standard InChI is InChI=1S/C24H28N4O4/c29-20(26-13-9-17(10-14-26)23(30)27-11-5-1-2-6-12-27)15-28-16-25-21-18-7-3-4-8-19(18)32-22(21)24(28)31/h3-4,7-8,16-17H,1-2,5-6,9-15H2. The molecule has 8 nitrogen and oxygen atoms in total. The van der Waals surface area contributed by atoms with Crippen LogP contribution in [0.4, 0.5) is 0 Å². The Bertz CT molecular complexity index is 1200. The summed E-state index contributed by atoms with van der Waals surface area (Å²) in [5.41, 5.74) is 0.934. The summed E-state index contributed by atoms with van der Waals surface area (Å²) in [6, 6.07) is 7.37. The van der Waals surface area contributed by atoms with Crippen LogP contribution < -0.4 is 5.56 Å². The third-order valence-electron chi connectivity index (χ3n) is 6.77. The Balaban J connectivity index is 1.24. The molecular formula is C24H28N4O4. The lowest BCUT2D eigenvalue weighted by Crippen LogP contribution is -2.46. The number of hydrogen-bond acceptors (Lipinski definition) is 5. The maximum absolute atomic E-state index is 12.9. The van der Waals surface area contributed by atoms with Crippen molar-refractivity contribution in [3.8, 4) is 0 Å². The Hall–Kier alpha value is -3.16. The maximum Gasteiger partial charge on any atom is 0.297 e. The molecule has 0 saturated carbocycles. The van der Waals surface area contributed by atoms with Crippen molar-refractivity contribution < 1.29 is 14.0 Å². The summed E-state index contributed by atoms with van der Waals surface area (Å²) in [7, 11) is 0. The van der Waals surface area contributed by atoms with Crippen LogP contribution in [0, 0.1) is 5.92 Å². The van der Waals surface area contributed by atoms with Gasteiger partial charge in [-0.3, -0.25) is 19.0 Å². The zero-order valence-corrected chi connectivity index (χ0v) is 18.2. The molecule has 8 heteroatoms. The van der Waals surface area contributed by atoms with Crippen molar-refractivity contribution in [2.75, 3.05) is 26.2 Å². The minimum absolute atomic E-state index is 0.00608. The highest BCUT2D eigenvalue weighted by molar-refractivity contribution is 6.01. The number of aromatic nitrogens is 2. The Kier molecular flexibility index (Phi) is 5.68. The van der Waals surface area contributed by atoms with Crippen LogP contribution in [0.5, 0.6) is 0 Å². The van der Waals surface area contributed by atoms with Crippen LogP contribution in [-0.2, 0) is 16.1 Å². The summed E-state index contributed by atoms with van der Waals surface area (Å²) < 4.78 is 7.00. The number of furan rings is 1. The number of carbonyl (C=O) groups is 2. The summed E-state index contributed by atoms with van der Waals surface area (Å²) in [6.45, 7) is 2.72. The SMILES string of the molecule is O=C(Cn1cnc2c(oc3ccccc32)c1=O)N1CCC(C(=O)N2CCCCCC2)CC1. The molecular weight excluding hydrogens is 408 g/mol. The van der Waals surface area contributed by atoms with E-state index in [0.717, 1.165) is 31.3 Å². The molecule has 2 amide bonds. The summed E-state index contributed by atoms with van der Waals surface area (Å²) in [6.07, 6.45) is 7.34. The predicted octanol–water partition coefficient (Wildman–Crippen LogP) is 2.78. The number of benzene rings is 1. The van der Waals surface area contributed by atoms with Crippen molar-refractivity contribution in [2.24, 2.45) is 5.92 Å². The molecule has 168 valence electrons. The number of rotatable bonds is 3. The highest BCUT2D eigenvalue weighted by Crippen LogP contribution is 2.25. The molecule has 0 atom stereocenters. The van der Waals surface area contributed by atoms with Crippen LogP contribution >= 0.6 is 0 Å². The molecule has 2 aliphatic rings.